The van der Waals surface area contributed by atoms with Crippen molar-refractivity contribution in [3.05, 3.63) is 59.7 Å². The number of carbonyl (C=O) groups is 2. The first-order chi connectivity index (χ1) is 11.6. The Balaban J connectivity index is 1.42. The van der Waals surface area contributed by atoms with Crippen molar-refractivity contribution in [3.8, 4) is 0 Å². The number of Topliss-reactive ketones (excluding diaryl/α,β-unsaturated/α-hetero) is 1. The first-order valence-corrected chi connectivity index (χ1v) is 7.95. The zero-order chi connectivity index (χ0) is 16.7. The summed E-state index contributed by atoms with van der Waals surface area (Å²) < 4.78 is 10.5. The third-order valence-electron chi connectivity index (χ3n) is 4.52. The molecule has 3 aromatic rings. The molecule has 5 heteroatoms. The quantitative estimate of drug-likeness (QED) is 0.575. The molecule has 0 aliphatic heterocycles. The van der Waals surface area contributed by atoms with E-state index in [1.807, 2.05) is 37.3 Å². The number of furan rings is 1. The highest BCUT2D eigenvalue weighted by Crippen LogP contribution is 2.48. The summed E-state index contributed by atoms with van der Waals surface area (Å²) in [5.41, 5.74) is 2.29. The van der Waals surface area contributed by atoms with E-state index in [0.29, 0.717) is 12.0 Å². The van der Waals surface area contributed by atoms with Crippen LogP contribution < -0.4 is 0 Å². The molecule has 0 radical (unpaired) electrons. The second-order valence-corrected chi connectivity index (χ2v) is 6.17. The molecule has 122 valence electrons. The second kappa shape index (κ2) is 5.67. The van der Waals surface area contributed by atoms with E-state index in [0.717, 1.165) is 22.4 Å². The van der Waals surface area contributed by atoms with Crippen molar-refractivity contribution in [2.45, 2.75) is 19.3 Å². The first-order valence-electron chi connectivity index (χ1n) is 7.95. The minimum Gasteiger partial charge on any atom is -0.469 e. The maximum Gasteiger partial charge on any atom is 0.310 e. The molecule has 4 rings (SSSR count). The predicted molar refractivity (Wildman–Crippen MR) is 87.9 cm³/mol. The molecule has 2 heterocycles. The number of hydrogen-bond donors (Lipinski definition) is 1. The summed E-state index contributed by atoms with van der Waals surface area (Å²) in [5, 5.41) is 0.857. The van der Waals surface area contributed by atoms with Crippen LogP contribution in [0.4, 0.5) is 0 Å². The molecule has 1 aliphatic rings. The summed E-state index contributed by atoms with van der Waals surface area (Å²) >= 11 is 0. The van der Waals surface area contributed by atoms with Crippen molar-refractivity contribution in [1.82, 2.24) is 4.98 Å². The molecule has 1 saturated carbocycles. The van der Waals surface area contributed by atoms with Gasteiger partial charge in [-0.3, -0.25) is 9.59 Å². The molecular weight excluding hydrogens is 306 g/mol. The van der Waals surface area contributed by atoms with E-state index in [9.17, 15) is 9.59 Å². The zero-order valence-corrected chi connectivity index (χ0v) is 13.2. The Morgan fingerprint density at radius 2 is 2.08 bits per heavy atom. The maximum atomic E-state index is 12.5. The Morgan fingerprint density at radius 1 is 1.25 bits per heavy atom. The number of aryl methyl sites for hydroxylation is 1. The van der Waals surface area contributed by atoms with Gasteiger partial charge in [-0.2, -0.15) is 0 Å². The van der Waals surface area contributed by atoms with Gasteiger partial charge in [-0.15, -0.1) is 0 Å². The smallest absolute Gasteiger partial charge is 0.310 e. The number of aromatic amines is 1. The molecule has 1 aliphatic carbocycles. The fraction of sp³-hybridized carbons (Fsp3) is 0.263. The van der Waals surface area contributed by atoms with E-state index in [1.54, 1.807) is 12.3 Å². The van der Waals surface area contributed by atoms with Crippen LogP contribution in [-0.2, 0) is 9.53 Å². The standard InChI is InChI=1S/C19H17NO4/c1-11-18(12-5-2-3-6-15(12)20-11)16(21)10-24-19(22)14-9-13(14)17-7-4-8-23-17/h2-8,13-14,20H,9-10H2,1H3. The maximum absolute atomic E-state index is 12.5. The van der Waals surface area contributed by atoms with E-state index >= 15 is 0 Å². The molecule has 0 spiro atoms. The second-order valence-electron chi connectivity index (χ2n) is 6.17. The number of fused-ring (bicyclic) bond motifs is 1. The lowest BCUT2D eigenvalue weighted by Gasteiger charge is -2.04. The Bertz CT molecular complexity index is 907. The van der Waals surface area contributed by atoms with Gasteiger partial charge in [-0.1, -0.05) is 18.2 Å². The normalized spacial score (nSPS) is 19.4. The van der Waals surface area contributed by atoms with Crippen LogP contribution in [0.1, 0.15) is 34.2 Å². The van der Waals surface area contributed by atoms with Crippen molar-refractivity contribution in [1.29, 1.82) is 0 Å². The van der Waals surface area contributed by atoms with Gasteiger partial charge in [-0.05, 0) is 31.5 Å². The average Bonchev–Trinajstić information content (AvgIpc) is 3.04. The van der Waals surface area contributed by atoms with Crippen LogP contribution in [0.15, 0.2) is 47.1 Å². The van der Waals surface area contributed by atoms with E-state index in [2.05, 4.69) is 4.98 Å². The third-order valence-corrected chi connectivity index (χ3v) is 4.52. The van der Waals surface area contributed by atoms with Gasteiger partial charge in [0, 0.05) is 28.1 Å². The number of esters is 1. The Labute approximate surface area is 138 Å². The lowest BCUT2D eigenvalue weighted by molar-refractivity contribution is -0.144. The monoisotopic (exact) mass is 323 g/mol. The molecule has 24 heavy (non-hydrogen) atoms. The minimum absolute atomic E-state index is 0.0810. The number of para-hydroxylation sites is 1. The summed E-state index contributed by atoms with van der Waals surface area (Å²) in [4.78, 5) is 27.8. The SMILES string of the molecule is Cc1[nH]c2ccccc2c1C(=O)COC(=O)C1CC1c1ccco1. The van der Waals surface area contributed by atoms with Gasteiger partial charge in [0.1, 0.15) is 5.76 Å². The Hall–Kier alpha value is -2.82. The van der Waals surface area contributed by atoms with Crippen molar-refractivity contribution < 1.29 is 18.7 Å². The van der Waals surface area contributed by atoms with Gasteiger partial charge in [0.05, 0.1) is 12.2 Å². The van der Waals surface area contributed by atoms with Crippen LogP contribution in [0.2, 0.25) is 0 Å². The van der Waals surface area contributed by atoms with Crippen LogP contribution in [0.25, 0.3) is 10.9 Å². The van der Waals surface area contributed by atoms with Gasteiger partial charge in [0.25, 0.3) is 0 Å². The van der Waals surface area contributed by atoms with Crippen LogP contribution in [0, 0.1) is 12.8 Å². The van der Waals surface area contributed by atoms with Crippen LogP contribution in [0.3, 0.4) is 0 Å². The molecule has 1 aromatic carbocycles. The Morgan fingerprint density at radius 3 is 2.88 bits per heavy atom. The topological polar surface area (TPSA) is 72.3 Å². The van der Waals surface area contributed by atoms with Crippen molar-refractivity contribution >= 4 is 22.7 Å². The average molecular weight is 323 g/mol. The lowest BCUT2D eigenvalue weighted by atomic mass is 10.1. The first kappa shape index (κ1) is 14.8. The third kappa shape index (κ3) is 2.52. The lowest BCUT2D eigenvalue weighted by Crippen LogP contribution is -2.16. The van der Waals surface area contributed by atoms with Gasteiger partial charge >= 0.3 is 5.97 Å². The largest absolute Gasteiger partial charge is 0.469 e. The number of aromatic nitrogens is 1. The summed E-state index contributed by atoms with van der Waals surface area (Å²) in [7, 11) is 0. The zero-order valence-electron chi connectivity index (χ0n) is 13.2. The molecule has 2 unspecified atom stereocenters. The fourth-order valence-electron chi connectivity index (χ4n) is 3.22. The number of benzene rings is 1. The number of ether oxygens (including phenoxy) is 1. The van der Waals surface area contributed by atoms with Crippen molar-refractivity contribution in [2.24, 2.45) is 5.92 Å². The van der Waals surface area contributed by atoms with E-state index in [-0.39, 0.29) is 30.2 Å². The van der Waals surface area contributed by atoms with E-state index < -0.39 is 0 Å². The fourth-order valence-corrected chi connectivity index (χ4v) is 3.22. The number of H-pyrrole nitrogens is 1. The van der Waals surface area contributed by atoms with Crippen molar-refractivity contribution in [3.63, 3.8) is 0 Å². The molecular formula is C19H17NO4. The highest BCUT2D eigenvalue weighted by atomic mass is 16.5. The number of hydrogen-bond acceptors (Lipinski definition) is 4. The number of rotatable bonds is 5. The highest BCUT2D eigenvalue weighted by molar-refractivity contribution is 6.10. The molecule has 1 fully saturated rings. The molecule has 0 bridgehead atoms. The van der Waals surface area contributed by atoms with Crippen LogP contribution in [0.5, 0.6) is 0 Å². The van der Waals surface area contributed by atoms with E-state index in [1.165, 1.54) is 0 Å². The predicted octanol–water partition coefficient (Wildman–Crippen LogP) is 3.60. The molecule has 2 aromatic heterocycles. The molecule has 1 N–H and O–H groups in total. The van der Waals surface area contributed by atoms with Gasteiger partial charge < -0.3 is 14.1 Å². The summed E-state index contributed by atoms with van der Waals surface area (Å²) in [6, 6.07) is 11.3. The van der Waals surface area contributed by atoms with Gasteiger partial charge in [-0.25, -0.2) is 0 Å². The summed E-state index contributed by atoms with van der Waals surface area (Å²) in [6.07, 6.45) is 2.31. The highest BCUT2D eigenvalue weighted by Gasteiger charge is 2.47. The van der Waals surface area contributed by atoms with Gasteiger partial charge in [0.15, 0.2) is 6.61 Å². The molecule has 2 atom stereocenters. The summed E-state index contributed by atoms with van der Waals surface area (Å²) in [5.74, 6) is 0.164. The Kier molecular flexibility index (Phi) is 3.49. The number of nitrogens with one attached hydrogen (secondary N) is 1. The van der Waals surface area contributed by atoms with E-state index in [4.69, 9.17) is 9.15 Å². The molecule has 0 saturated heterocycles. The number of ketones is 1. The van der Waals surface area contributed by atoms with Crippen LogP contribution in [-0.4, -0.2) is 23.3 Å². The van der Waals surface area contributed by atoms with Gasteiger partial charge in [0.2, 0.25) is 5.78 Å². The molecule has 5 nitrogen and oxygen atoms in total. The number of carbonyl (C=O) groups excluding carboxylic acids is 2. The van der Waals surface area contributed by atoms with Crippen molar-refractivity contribution in [2.75, 3.05) is 6.61 Å². The molecule has 0 amide bonds. The van der Waals surface area contributed by atoms with Crippen LogP contribution >= 0.6 is 0 Å². The summed E-state index contributed by atoms with van der Waals surface area (Å²) in [6.45, 7) is 1.62. The minimum atomic E-state index is -0.331.